The Balaban J connectivity index is 1.20. The lowest BCUT2D eigenvalue weighted by Gasteiger charge is -2.33. The highest BCUT2D eigenvalue weighted by Crippen LogP contribution is 2.49. The maximum absolute atomic E-state index is 12.5. The number of fused-ring (bicyclic) bond motifs is 2. The molecule has 26 heavy (non-hydrogen) atoms. The molecule has 1 saturated heterocycles. The molecular formula is C22H32N2O2. The minimum Gasteiger partial charge on any atom is -0.496 e. The van der Waals surface area contributed by atoms with E-state index in [1.54, 1.807) is 7.11 Å². The van der Waals surface area contributed by atoms with Gasteiger partial charge in [0.1, 0.15) is 5.75 Å². The van der Waals surface area contributed by atoms with E-state index in [9.17, 15) is 4.79 Å². The lowest BCUT2D eigenvalue weighted by atomic mass is 9.86. The van der Waals surface area contributed by atoms with Gasteiger partial charge in [-0.25, -0.2) is 0 Å². The summed E-state index contributed by atoms with van der Waals surface area (Å²) in [4.78, 5) is 14.9. The van der Waals surface area contributed by atoms with Crippen molar-refractivity contribution < 1.29 is 9.53 Å². The van der Waals surface area contributed by atoms with E-state index in [0.29, 0.717) is 17.9 Å². The molecule has 1 amide bonds. The summed E-state index contributed by atoms with van der Waals surface area (Å²) in [7, 11) is 1.73. The highest BCUT2D eigenvalue weighted by atomic mass is 16.5. The van der Waals surface area contributed by atoms with Gasteiger partial charge in [-0.3, -0.25) is 9.69 Å². The minimum atomic E-state index is 0.297. The number of benzene rings is 1. The number of methoxy groups -OCH3 is 1. The third-order valence-electron chi connectivity index (χ3n) is 6.87. The number of rotatable bonds is 6. The highest BCUT2D eigenvalue weighted by molar-refractivity contribution is 5.76. The molecule has 2 saturated carbocycles. The Morgan fingerprint density at radius 1 is 1.15 bits per heavy atom. The summed E-state index contributed by atoms with van der Waals surface area (Å²) >= 11 is 0. The van der Waals surface area contributed by atoms with E-state index >= 15 is 0 Å². The molecule has 3 aliphatic rings. The molecule has 1 N–H and O–H groups in total. The predicted octanol–water partition coefficient (Wildman–Crippen LogP) is 3.60. The molecule has 1 aromatic rings. The summed E-state index contributed by atoms with van der Waals surface area (Å²) in [5.74, 6) is 3.70. The number of carbonyl (C=O) groups is 1. The van der Waals surface area contributed by atoms with E-state index in [1.807, 2.05) is 12.1 Å². The Hall–Kier alpha value is -1.55. The van der Waals surface area contributed by atoms with Gasteiger partial charge in [-0.05, 0) is 55.9 Å². The van der Waals surface area contributed by atoms with Crippen molar-refractivity contribution in [2.24, 2.45) is 17.8 Å². The van der Waals surface area contributed by atoms with Crippen LogP contribution in [-0.2, 0) is 11.3 Å². The number of piperidine rings is 1. The molecule has 4 rings (SSSR count). The Kier molecular flexibility index (Phi) is 5.49. The van der Waals surface area contributed by atoms with E-state index in [4.69, 9.17) is 4.74 Å². The van der Waals surface area contributed by atoms with Gasteiger partial charge in [0.05, 0.1) is 7.11 Å². The monoisotopic (exact) mass is 356 g/mol. The van der Waals surface area contributed by atoms with Gasteiger partial charge in [0.25, 0.3) is 0 Å². The molecule has 0 radical (unpaired) electrons. The molecule has 0 aromatic heterocycles. The second-order valence-electron chi connectivity index (χ2n) is 8.57. The standard InChI is InChI=1S/C22H32N2O2/c1-26-21-5-3-2-4-18(21)15-24-10-8-20(9-11-24)23-22(25)14-19-13-16-6-7-17(19)12-16/h2-5,16-17,19-20H,6-15H2,1H3,(H,23,25). The van der Waals surface area contributed by atoms with Crippen molar-refractivity contribution in [3.63, 3.8) is 0 Å². The first-order valence-electron chi connectivity index (χ1n) is 10.3. The lowest BCUT2D eigenvalue weighted by Crippen LogP contribution is -2.44. The molecule has 0 spiro atoms. The average molecular weight is 357 g/mol. The number of nitrogens with zero attached hydrogens (tertiary/aromatic N) is 1. The summed E-state index contributed by atoms with van der Waals surface area (Å²) in [5, 5.41) is 3.32. The molecule has 2 aliphatic carbocycles. The largest absolute Gasteiger partial charge is 0.496 e. The van der Waals surface area contributed by atoms with Crippen molar-refractivity contribution in [1.82, 2.24) is 10.2 Å². The number of amides is 1. The van der Waals surface area contributed by atoms with Crippen LogP contribution in [0.4, 0.5) is 0 Å². The molecule has 4 heteroatoms. The number of carbonyl (C=O) groups excluding carboxylic acids is 1. The van der Waals surface area contributed by atoms with Crippen LogP contribution in [-0.4, -0.2) is 37.0 Å². The first-order chi connectivity index (χ1) is 12.7. The molecule has 1 aliphatic heterocycles. The van der Waals surface area contributed by atoms with E-state index in [1.165, 1.54) is 31.2 Å². The van der Waals surface area contributed by atoms with Crippen LogP contribution in [0.15, 0.2) is 24.3 Å². The van der Waals surface area contributed by atoms with E-state index in [0.717, 1.165) is 56.5 Å². The molecule has 4 nitrogen and oxygen atoms in total. The van der Waals surface area contributed by atoms with Crippen molar-refractivity contribution in [3.05, 3.63) is 29.8 Å². The summed E-state index contributed by atoms with van der Waals surface area (Å²) in [6.07, 6.45) is 8.34. The van der Waals surface area contributed by atoms with Gasteiger partial charge in [0.2, 0.25) is 5.91 Å². The van der Waals surface area contributed by atoms with E-state index < -0.39 is 0 Å². The van der Waals surface area contributed by atoms with Crippen LogP contribution in [0.25, 0.3) is 0 Å². The Bertz CT molecular complexity index is 624. The van der Waals surface area contributed by atoms with Gasteiger partial charge < -0.3 is 10.1 Å². The fraction of sp³-hybridized carbons (Fsp3) is 0.682. The van der Waals surface area contributed by atoms with Gasteiger partial charge in [-0.1, -0.05) is 24.6 Å². The van der Waals surface area contributed by atoms with Crippen LogP contribution in [0, 0.1) is 17.8 Å². The van der Waals surface area contributed by atoms with Crippen LogP contribution < -0.4 is 10.1 Å². The van der Waals surface area contributed by atoms with Crippen LogP contribution >= 0.6 is 0 Å². The molecular weight excluding hydrogens is 324 g/mol. The summed E-state index contributed by atoms with van der Waals surface area (Å²) in [5.41, 5.74) is 1.24. The van der Waals surface area contributed by atoms with Crippen molar-refractivity contribution in [1.29, 1.82) is 0 Å². The number of hydrogen-bond donors (Lipinski definition) is 1. The molecule has 1 heterocycles. The van der Waals surface area contributed by atoms with Crippen molar-refractivity contribution >= 4 is 5.91 Å². The Labute approximate surface area is 157 Å². The maximum Gasteiger partial charge on any atom is 0.220 e. The van der Waals surface area contributed by atoms with Crippen LogP contribution in [0.2, 0.25) is 0 Å². The maximum atomic E-state index is 12.5. The van der Waals surface area contributed by atoms with Crippen molar-refractivity contribution in [3.8, 4) is 5.75 Å². The van der Waals surface area contributed by atoms with Gasteiger partial charge in [0, 0.05) is 37.7 Å². The fourth-order valence-electron chi connectivity index (χ4n) is 5.46. The third-order valence-corrected chi connectivity index (χ3v) is 6.87. The zero-order chi connectivity index (χ0) is 17.9. The van der Waals surface area contributed by atoms with Crippen LogP contribution in [0.3, 0.4) is 0 Å². The number of nitrogens with one attached hydrogen (secondary N) is 1. The van der Waals surface area contributed by atoms with Crippen molar-refractivity contribution in [2.75, 3.05) is 20.2 Å². The number of para-hydroxylation sites is 1. The lowest BCUT2D eigenvalue weighted by molar-refractivity contribution is -0.123. The second kappa shape index (κ2) is 7.99. The van der Waals surface area contributed by atoms with Gasteiger partial charge in [-0.2, -0.15) is 0 Å². The molecule has 2 bridgehead atoms. The van der Waals surface area contributed by atoms with Gasteiger partial charge >= 0.3 is 0 Å². The molecule has 3 fully saturated rings. The first kappa shape index (κ1) is 17.8. The zero-order valence-corrected chi connectivity index (χ0v) is 16.0. The molecule has 1 aromatic carbocycles. The number of ether oxygens (including phenoxy) is 1. The van der Waals surface area contributed by atoms with E-state index in [2.05, 4.69) is 22.3 Å². The highest BCUT2D eigenvalue weighted by Gasteiger charge is 2.40. The molecule has 3 atom stereocenters. The van der Waals surface area contributed by atoms with E-state index in [-0.39, 0.29) is 0 Å². The average Bonchev–Trinajstić information content (AvgIpc) is 3.27. The molecule has 3 unspecified atom stereocenters. The molecule has 142 valence electrons. The van der Waals surface area contributed by atoms with Crippen molar-refractivity contribution in [2.45, 2.75) is 57.5 Å². The van der Waals surface area contributed by atoms with Crippen LogP contribution in [0.1, 0.15) is 50.5 Å². The normalized spacial score (nSPS) is 29.0. The summed E-state index contributed by atoms with van der Waals surface area (Å²) in [6.45, 7) is 3.00. The van der Waals surface area contributed by atoms with Gasteiger partial charge in [0.15, 0.2) is 0 Å². The van der Waals surface area contributed by atoms with Gasteiger partial charge in [-0.15, -0.1) is 0 Å². The van der Waals surface area contributed by atoms with Crippen LogP contribution in [0.5, 0.6) is 5.75 Å². The third kappa shape index (κ3) is 4.06. The second-order valence-corrected chi connectivity index (χ2v) is 8.57. The SMILES string of the molecule is COc1ccccc1CN1CCC(NC(=O)CC2CC3CCC2C3)CC1. The number of likely N-dealkylation sites (tertiary alicyclic amines) is 1. The fourth-order valence-corrected chi connectivity index (χ4v) is 5.46. The Morgan fingerprint density at radius 3 is 2.65 bits per heavy atom. The summed E-state index contributed by atoms with van der Waals surface area (Å²) < 4.78 is 5.46. The smallest absolute Gasteiger partial charge is 0.220 e. The predicted molar refractivity (Wildman–Crippen MR) is 103 cm³/mol. The minimum absolute atomic E-state index is 0.297. The topological polar surface area (TPSA) is 41.6 Å². The Morgan fingerprint density at radius 2 is 1.96 bits per heavy atom. The quantitative estimate of drug-likeness (QED) is 0.847. The zero-order valence-electron chi connectivity index (χ0n) is 16.0. The number of hydrogen-bond acceptors (Lipinski definition) is 3. The first-order valence-corrected chi connectivity index (χ1v) is 10.3. The summed E-state index contributed by atoms with van der Waals surface area (Å²) in [6, 6.07) is 8.61.